The Balaban J connectivity index is 1.43. The lowest BCUT2D eigenvalue weighted by Crippen LogP contribution is -2.46. The number of aromatic amines is 1. The number of anilines is 1. The number of aliphatic hydroxyl groups is 1. The van der Waals surface area contributed by atoms with Crippen molar-refractivity contribution in [3.05, 3.63) is 82.9 Å². The Morgan fingerprint density at radius 1 is 1.21 bits per heavy atom. The number of para-hydroxylation sites is 1. The van der Waals surface area contributed by atoms with Gasteiger partial charge in [-0.1, -0.05) is 30.3 Å². The van der Waals surface area contributed by atoms with Crippen molar-refractivity contribution in [2.75, 3.05) is 18.1 Å². The van der Waals surface area contributed by atoms with Crippen LogP contribution in [0, 0.1) is 5.92 Å². The second-order valence-corrected chi connectivity index (χ2v) is 15.8. The van der Waals surface area contributed by atoms with E-state index < -0.39 is 20.0 Å². The Kier molecular flexibility index (Phi) is 7.04. The molecule has 0 saturated carbocycles. The summed E-state index contributed by atoms with van der Waals surface area (Å²) in [7, 11) is -2.85. The van der Waals surface area contributed by atoms with E-state index in [1.807, 2.05) is 56.4 Å². The van der Waals surface area contributed by atoms with Crippen molar-refractivity contribution in [3.63, 3.8) is 0 Å². The molecule has 1 fully saturated rings. The minimum Gasteiger partial charge on any atom is -0.432 e. The highest BCUT2D eigenvalue weighted by atomic mass is 28.4. The van der Waals surface area contributed by atoms with E-state index in [4.69, 9.17) is 4.74 Å². The molecule has 2 aliphatic heterocycles. The van der Waals surface area contributed by atoms with Crippen LogP contribution in [-0.4, -0.2) is 68.2 Å². The van der Waals surface area contributed by atoms with Gasteiger partial charge >= 0.3 is 0 Å². The van der Waals surface area contributed by atoms with Crippen molar-refractivity contribution in [3.8, 4) is 5.69 Å². The van der Waals surface area contributed by atoms with Gasteiger partial charge in [-0.25, -0.2) is 4.68 Å². The van der Waals surface area contributed by atoms with E-state index in [2.05, 4.69) is 22.0 Å². The van der Waals surface area contributed by atoms with E-state index in [1.165, 1.54) is 4.68 Å². The first-order valence-electron chi connectivity index (χ1n) is 14.3. The van der Waals surface area contributed by atoms with Gasteiger partial charge in [-0.3, -0.25) is 19.4 Å². The number of benzene rings is 2. The van der Waals surface area contributed by atoms with E-state index >= 15 is 0 Å². The van der Waals surface area contributed by atoms with Crippen LogP contribution in [0.5, 0.6) is 0 Å². The molecule has 0 bridgehead atoms. The monoisotopic (exact) mass is 588 g/mol. The van der Waals surface area contributed by atoms with Crippen LogP contribution < -0.4 is 10.5 Å². The molecule has 1 saturated heterocycles. The van der Waals surface area contributed by atoms with Crippen molar-refractivity contribution < 1.29 is 19.4 Å². The lowest BCUT2D eigenvalue weighted by molar-refractivity contribution is -0.145. The van der Waals surface area contributed by atoms with Crippen molar-refractivity contribution in [2.24, 2.45) is 5.92 Å². The van der Waals surface area contributed by atoms with Crippen LogP contribution in [0.15, 0.2) is 66.1 Å². The summed E-state index contributed by atoms with van der Waals surface area (Å²) >= 11 is 0. The number of H-pyrrole nitrogens is 1. The first-order chi connectivity index (χ1) is 20.1. The fourth-order valence-electron chi connectivity index (χ4n) is 6.96. The zero-order chi connectivity index (χ0) is 29.8. The first kappa shape index (κ1) is 28.3. The van der Waals surface area contributed by atoms with E-state index in [-0.39, 0.29) is 29.5 Å². The molecule has 4 aromatic rings. The number of aromatic nitrogens is 5. The highest BCUT2D eigenvalue weighted by molar-refractivity contribution is 6.71. The number of hydrogen-bond acceptors (Lipinski definition) is 7. The number of fused-ring (bicyclic) bond motifs is 3. The molecule has 4 heterocycles. The summed E-state index contributed by atoms with van der Waals surface area (Å²) in [5.41, 5.74) is 1.63. The number of hydrogen-bond donors (Lipinski definition) is 3. The van der Waals surface area contributed by atoms with E-state index in [9.17, 15) is 19.5 Å². The smallest absolute Gasteiger partial charge is 0.279 e. The average molecular weight is 589 g/mol. The molecule has 6 rings (SSSR count). The summed E-state index contributed by atoms with van der Waals surface area (Å²) in [4.78, 5) is 40.9. The summed E-state index contributed by atoms with van der Waals surface area (Å²) in [5.74, 6) is -0.534. The maximum absolute atomic E-state index is 14.4. The standard InChI is InChI=1S/C30H36N6O5Si/c1-5-14-35-25-11-10-21(36-28(38)22-8-6-7-9-24(22)32-36)17-23(25)30(29(35)39)19(2)27(42(3,4)40)26(41-30)12-15-34-18-20(13-16-37)31-33-34/h5-11,17-19,26-27,32,37,40H,1,12-16H2,2-4H3/t19-,26+,27-,30+/m0/s1. The van der Waals surface area contributed by atoms with Crippen LogP contribution in [-0.2, 0) is 28.1 Å². The van der Waals surface area contributed by atoms with Crippen molar-refractivity contribution in [1.82, 2.24) is 24.8 Å². The van der Waals surface area contributed by atoms with E-state index in [1.54, 1.807) is 27.9 Å². The zero-order valence-electron chi connectivity index (χ0n) is 24.0. The Bertz CT molecular complexity index is 1720. The maximum Gasteiger partial charge on any atom is 0.279 e. The molecule has 2 aliphatic rings. The zero-order valence-corrected chi connectivity index (χ0v) is 25.0. The summed E-state index contributed by atoms with van der Waals surface area (Å²) in [5, 5.41) is 21.3. The molecule has 0 unspecified atom stereocenters. The molecule has 220 valence electrons. The molecule has 2 aromatic heterocycles. The Labute approximate surface area is 244 Å². The first-order valence-corrected chi connectivity index (χ1v) is 17.3. The Hall–Kier alpha value is -3.84. The van der Waals surface area contributed by atoms with Gasteiger partial charge in [0, 0.05) is 49.3 Å². The average Bonchev–Trinajstić information content (AvgIpc) is 3.68. The summed E-state index contributed by atoms with van der Waals surface area (Å²) in [6.45, 7) is 10.4. The van der Waals surface area contributed by atoms with Gasteiger partial charge in [0.15, 0.2) is 13.9 Å². The van der Waals surface area contributed by atoms with Crippen LogP contribution in [0.4, 0.5) is 5.69 Å². The maximum atomic E-state index is 14.4. The molecular formula is C30H36N6O5Si. The van der Waals surface area contributed by atoms with E-state index in [0.29, 0.717) is 53.9 Å². The van der Waals surface area contributed by atoms with E-state index in [0.717, 1.165) is 5.52 Å². The molecule has 1 amide bonds. The lowest BCUT2D eigenvalue weighted by Gasteiger charge is -2.32. The van der Waals surface area contributed by atoms with Gasteiger partial charge in [-0.05, 0) is 49.8 Å². The third-order valence-corrected chi connectivity index (χ3v) is 11.2. The highest BCUT2D eigenvalue weighted by Gasteiger charge is 2.66. The van der Waals surface area contributed by atoms with Crippen LogP contribution in [0.2, 0.25) is 18.6 Å². The number of nitrogens with one attached hydrogen (secondary N) is 1. The molecule has 11 nitrogen and oxygen atoms in total. The van der Waals surface area contributed by atoms with Crippen molar-refractivity contribution in [2.45, 2.75) is 56.7 Å². The van der Waals surface area contributed by atoms with Crippen molar-refractivity contribution in [1.29, 1.82) is 0 Å². The number of aryl methyl sites for hydroxylation is 1. The number of carbonyl (C=O) groups excluding carboxylic acids is 1. The number of aliphatic hydroxyl groups excluding tert-OH is 1. The minimum absolute atomic E-state index is 0.00775. The summed E-state index contributed by atoms with van der Waals surface area (Å²) < 4.78 is 10.1. The van der Waals surface area contributed by atoms with Crippen LogP contribution in [0.3, 0.4) is 0 Å². The largest absolute Gasteiger partial charge is 0.432 e. The summed E-state index contributed by atoms with van der Waals surface area (Å²) in [6.07, 6.45) is 4.00. The molecule has 2 aromatic carbocycles. The molecule has 12 heteroatoms. The number of amides is 1. The topological polar surface area (TPSA) is 138 Å². The van der Waals surface area contributed by atoms with Gasteiger partial charge in [-0.2, -0.15) is 0 Å². The molecular weight excluding hydrogens is 552 g/mol. The van der Waals surface area contributed by atoms with Gasteiger partial charge in [0.2, 0.25) is 0 Å². The highest BCUT2D eigenvalue weighted by Crippen LogP contribution is 2.59. The van der Waals surface area contributed by atoms with Gasteiger partial charge in [0.1, 0.15) is 0 Å². The van der Waals surface area contributed by atoms with Crippen LogP contribution in [0.1, 0.15) is 24.6 Å². The van der Waals surface area contributed by atoms with Gasteiger partial charge in [0.05, 0.1) is 34.1 Å². The molecule has 0 radical (unpaired) electrons. The second-order valence-electron chi connectivity index (χ2n) is 11.8. The minimum atomic E-state index is -2.85. The Morgan fingerprint density at radius 3 is 2.71 bits per heavy atom. The molecule has 4 atom stereocenters. The molecule has 3 N–H and O–H groups in total. The summed E-state index contributed by atoms with van der Waals surface area (Å²) in [6, 6.07) is 12.9. The number of carbonyl (C=O) groups is 1. The normalized spacial score (nSPS) is 23.8. The Morgan fingerprint density at radius 2 is 2.00 bits per heavy atom. The fourth-order valence-corrected chi connectivity index (χ4v) is 9.56. The number of rotatable bonds is 9. The third-order valence-electron chi connectivity index (χ3n) is 8.73. The van der Waals surface area contributed by atoms with Gasteiger partial charge in [0.25, 0.3) is 11.5 Å². The number of ether oxygens (including phenoxy) is 1. The van der Waals surface area contributed by atoms with Crippen LogP contribution >= 0.6 is 0 Å². The van der Waals surface area contributed by atoms with Gasteiger partial charge < -0.3 is 19.5 Å². The SMILES string of the molecule is C=CCN1C(=O)[C@]2(O[C@H](CCn3cc(CCO)nn3)[C@@H]([Si](C)(C)O)[C@@H]2C)c2cc(-n3[nH]c4ccccc4c3=O)ccc21. The molecule has 42 heavy (non-hydrogen) atoms. The van der Waals surface area contributed by atoms with Gasteiger partial charge in [-0.15, -0.1) is 11.7 Å². The molecule has 0 aliphatic carbocycles. The predicted molar refractivity (Wildman–Crippen MR) is 161 cm³/mol. The van der Waals surface area contributed by atoms with Crippen LogP contribution in [0.25, 0.3) is 16.6 Å². The second kappa shape index (κ2) is 10.5. The lowest BCUT2D eigenvalue weighted by atomic mass is 9.82. The fraction of sp³-hybridized carbons (Fsp3) is 0.400. The number of nitrogens with zero attached hydrogens (tertiary/aromatic N) is 5. The van der Waals surface area contributed by atoms with Crippen molar-refractivity contribution >= 4 is 30.8 Å². The predicted octanol–water partition coefficient (Wildman–Crippen LogP) is 2.87. The third kappa shape index (κ3) is 4.37. The molecule has 1 spiro atoms. The quantitative estimate of drug-likeness (QED) is 0.202.